The second-order valence-electron chi connectivity index (χ2n) is 3.56. The number of aromatic nitrogens is 2. The molecule has 0 saturated carbocycles. The van der Waals surface area contributed by atoms with Crippen LogP contribution in [0.3, 0.4) is 0 Å². The van der Waals surface area contributed by atoms with Crippen molar-refractivity contribution in [2.24, 2.45) is 7.05 Å². The number of hydrogen-bond donors (Lipinski definition) is 2. The molecule has 2 rings (SSSR count). The highest BCUT2D eigenvalue weighted by Crippen LogP contribution is 2.18. The molecule has 3 N–H and O–H groups in total. The van der Waals surface area contributed by atoms with Gasteiger partial charge in [-0.05, 0) is 18.2 Å². The Bertz CT molecular complexity index is 564. The zero-order valence-electron chi connectivity index (χ0n) is 9.14. The molecule has 0 aliphatic rings. The molecular weight excluding hydrogens is 240 g/mol. The number of hydrogen-bond acceptors (Lipinski definition) is 3. The normalized spacial score (nSPS) is 10.2. The number of rotatable bonds is 2. The fourth-order valence-corrected chi connectivity index (χ4v) is 1.63. The average molecular weight is 251 g/mol. The number of carbonyl (C=O) groups excluding carboxylic acids is 1. The molecule has 1 amide bonds. The van der Waals surface area contributed by atoms with E-state index in [1.807, 2.05) is 0 Å². The van der Waals surface area contributed by atoms with E-state index in [0.717, 1.165) is 0 Å². The van der Waals surface area contributed by atoms with Crippen molar-refractivity contribution in [2.45, 2.75) is 0 Å². The smallest absolute Gasteiger partial charge is 0.273 e. The van der Waals surface area contributed by atoms with Crippen LogP contribution in [0.4, 0.5) is 11.5 Å². The zero-order valence-corrected chi connectivity index (χ0v) is 9.90. The van der Waals surface area contributed by atoms with E-state index < -0.39 is 0 Å². The Balaban J connectivity index is 2.23. The first-order valence-corrected chi connectivity index (χ1v) is 5.29. The fourth-order valence-electron chi connectivity index (χ4n) is 1.47. The van der Waals surface area contributed by atoms with Gasteiger partial charge in [0.05, 0.1) is 10.7 Å². The summed E-state index contributed by atoms with van der Waals surface area (Å²) in [5, 5.41) is 3.01. The van der Waals surface area contributed by atoms with E-state index in [2.05, 4.69) is 10.3 Å². The molecule has 0 aliphatic carbocycles. The molecule has 2 aromatic rings. The van der Waals surface area contributed by atoms with Crippen LogP contribution in [0.1, 0.15) is 10.5 Å². The summed E-state index contributed by atoms with van der Waals surface area (Å²) in [4.78, 5) is 15.9. The molecule has 0 unspecified atom stereocenters. The Hall–Kier alpha value is -2.01. The lowest BCUT2D eigenvalue weighted by Gasteiger charge is -2.06. The topological polar surface area (TPSA) is 72.9 Å². The Labute approximate surface area is 103 Å². The van der Waals surface area contributed by atoms with Crippen LogP contribution >= 0.6 is 11.6 Å². The number of aryl methyl sites for hydroxylation is 1. The maximum atomic E-state index is 11.9. The predicted molar refractivity (Wildman–Crippen MR) is 67.0 cm³/mol. The van der Waals surface area contributed by atoms with E-state index in [-0.39, 0.29) is 5.91 Å². The number of nitrogens with one attached hydrogen (secondary N) is 1. The number of nitrogens with zero attached hydrogens (tertiary/aromatic N) is 2. The van der Waals surface area contributed by atoms with Crippen molar-refractivity contribution in [1.82, 2.24) is 9.55 Å². The molecule has 0 aromatic carbocycles. The number of anilines is 2. The second kappa shape index (κ2) is 4.47. The number of nitrogen functional groups attached to an aromatic ring is 1. The molecule has 0 bridgehead atoms. The van der Waals surface area contributed by atoms with E-state index in [0.29, 0.717) is 22.2 Å². The van der Waals surface area contributed by atoms with Crippen molar-refractivity contribution in [2.75, 3.05) is 11.1 Å². The van der Waals surface area contributed by atoms with Gasteiger partial charge in [-0.3, -0.25) is 4.79 Å². The fraction of sp³-hybridized carbons (Fsp3) is 0.0909. The third kappa shape index (κ3) is 2.39. The third-order valence-electron chi connectivity index (χ3n) is 2.25. The Morgan fingerprint density at radius 3 is 2.94 bits per heavy atom. The summed E-state index contributed by atoms with van der Waals surface area (Å²) in [6.07, 6.45) is 3.22. The second-order valence-corrected chi connectivity index (χ2v) is 3.96. The number of halogens is 1. The molecular formula is C11H11ClN4O. The predicted octanol–water partition coefficient (Wildman–Crippen LogP) is 1.91. The Kier molecular flexibility index (Phi) is 3.01. The molecule has 2 aromatic heterocycles. The van der Waals surface area contributed by atoms with Crippen LogP contribution in [0.15, 0.2) is 30.6 Å². The molecule has 0 spiro atoms. The first-order valence-electron chi connectivity index (χ1n) is 4.91. The minimum absolute atomic E-state index is 0.301. The van der Waals surface area contributed by atoms with Crippen molar-refractivity contribution in [1.29, 1.82) is 0 Å². The number of carbonyl (C=O) groups is 1. The maximum absolute atomic E-state index is 11.9. The molecule has 0 atom stereocenters. The van der Waals surface area contributed by atoms with Gasteiger partial charge in [-0.1, -0.05) is 11.6 Å². The molecule has 0 aliphatic heterocycles. The van der Waals surface area contributed by atoms with Crippen LogP contribution in [0.25, 0.3) is 0 Å². The van der Waals surface area contributed by atoms with Gasteiger partial charge >= 0.3 is 0 Å². The van der Waals surface area contributed by atoms with Crippen molar-refractivity contribution in [3.05, 3.63) is 41.3 Å². The minimum atomic E-state index is -0.301. The van der Waals surface area contributed by atoms with Gasteiger partial charge < -0.3 is 15.6 Å². The molecule has 0 saturated heterocycles. The quantitative estimate of drug-likeness (QED) is 0.855. The number of amides is 1. The van der Waals surface area contributed by atoms with Gasteiger partial charge in [0.2, 0.25) is 0 Å². The van der Waals surface area contributed by atoms with Crippen LogP contribution in [-0.2, 0) is 7.05 Å². The van der Waals surface area contributed by atoms with Gasteiger partial charge in [-0.2, -0.15) is 0 Å². The molecule has 5 nitrogen and oxygen atoms in total. The van der Waals surface area contributed by atoms with E-state index in [1.54, 1.807) is 42.2 Å². The maximum Gasteiger partial charge on any atom is 0.273 e. The van der Waals surface area contributed by atoms with Crippen molar-refractivity contribution in [3.8, 4) is 0 Å². The van der Waals surface area contributed by atoms with E-state index >= 15 is 0 Å². The summed E-state index contributed by atoms with van der Waals surface area (Å²) in [5.74, 6) is 0.0312. The van der Waals surface area contributed by atoms with Crippen molar-refractivity contribution in [3.63, 3.8) is 0 Å². The first-order chi connectivity index (χ1) is 8.08. The van der Waals surface area contributed by atoms with Crippen molar-refractivity contribution < 1.29 is 4.79 Å². The highest BCUT2D eigenvalue weighted by atomic mass is 35.5. The number of nitrogens with two attached hydrogens (primary N) is 1. The Morgan fingerprint density at radius 2 is 2.35 bits per heavy atom. The lowest BCUT2D eigenvalue weighted by Crippen LogP contribution is -2.16. The van der Waals surface area contributed by atoms with Crippen molar-refractivity contribution >= 4 is 29.0 Å². The third-order valence-corrected chi connectivity index (χ3v) is 2.55. The first kappa shape index (κ1) is 11.5. The summed E-state index contributed by atoms with van der Waals surface area (Å²) >= 11 is 5.89. The lowest BCUT2D eigenvalue weighted by molar-refractivity contribution is 0.101. The van der Waals surface area contributed by atoms with Gasteiger partial charge in [0.25, 0.3) is 5.91 Å². The van der Waals surface area contributed by atoms with E-state index in [4.69, 9.17) is 17.3 Å². The molecule has 17 heavy (non-hydrogen) atoms. The van der Waals surface area contributed by atoms with Crippen LogP contribution in [-0.4, -0.2) is 15.5 Å². The molecule has 2 heterocycles. The van der Waals surface area contributed by atoms with E-state index in [9.17, 15) is 4.79 Å². The lowest BCUT2D eigenvalue weighted by atomic mass is 10.3. The summed E-state index contributed by atoms with van der Waals surface area (Å²) in [6.45, 7) is 0. The average Bonchev–Trinajstić information content (AvgIpc) is 2.61. The standard InChI is InChI=1S/C11H11ClN4O/c1-16-6-7(13)5-9(16)11(17)15-10-8(12)3-2-4-14-10/h2-6H,13H2,1H3,(H,14,15,17). The van der Waals surface area contributed by atoms with Gasteiger partial charge in [0, 0.05) is 19.4 Å². The molecule has 88 valence electrons. The van der Waals surface area contributed by atoms with Gasteiger partial charge in [-0.15, -0.1) is 0 Å². The summed E-state index contributed by atoms with van der Waals surface area (Å²) < 4.78 is 1.64. The molecule has 0 radical (unpaired) electrons. The summed E-state index contributed by atoms with van der Waals surface area (Å²) in [6, 6.07) is 4.94. The highest BCUT2D eigenvalue weighted by Gasteiger charge is 2.12. The largest absolute Gasteiger partial charge is 0.397 e. The summed E-state index contributed by atoms with van der Waals surface area (Å²) in [7, 11) is 1.74. The van der Waals surface area contributed by atoms with Crippen LogP contribution in [0.5, 0.6) is 0 Å². The van der Waals surface area contributed by atoms with Gasteiger partial charge in [-0.25, -0.2) is 4.98 Å². The van der Waals surface area contributed by atoms with Crippen LogP contribution < -0.4 is 11.1 Å². The Morgan fingerprint density at radius 1 is 1.59 bits per heavy atom. The number of pyridine rings is 1. The van der Waals surface area contributed by atoms with E-state index in [1.165, 1.54) is 0 Å². The zero-order chi connectivity index (χ0) is 12.4. The van der Waals surface area contributed by atoms with Gasteiger partial charge in [0.15, 0.2) is 5.82 Å². The SMILES string of the molecule is Cn1cc(N)cc1C(=O)Nc1ncccc1Cl. The molecule has 6 heteroatoms. The molecule has 0 fully saturated rings. The van der Waals surface area contributed by atoms with Crippen LogP contribution in [0.2, 0.25) is 5.02 Å². The summed E-state index contributed by atoms with van der Waals surface area (Å²) in [5.41, 5.74) is 6.58. The van der Waals surface area contributed by atoms with Gasteiger partial charge in [0.1, 0.15) is 5.69 Å². The minimum Gasteiger partial charge on any atom is -0.397 e. The van der Waals surface area contributed by atoms with Crippen LogP contribution in [0, 0.1) is 0 Å². The monoisotopic (exact) mass is 250 g/mol. The highest BCUT2D eigenvalue weighted by molar-refractivity contribution is 6.33.